The fraction of sp³-hybridized carbons (Fsp3) is 1.00. The molecule has 46 valence electrons. The van der Waals surface area contributed by atoms with E-state index >= 15 is 0 Å². The maximum Gasteiger partial charge on any atom is -0.00804 e. The normalized spacial score (nSPS) is 6.86. The van der Waals surface area contributed by atoms with E-state index in [2.05, 4.69) is 26.1 Å². The van der Waals surface area contributed by atoms with Gasteiger partial charge in [-0.05, 0) is 13.6 Å². The van der Waals surface area contributed by atoms with Crippen LogP contribution < -0.4 is 5.32 Å². The Labute approximate surface area is 47.1 Å². The summed E-state index contributed by atoms with van der Waals surface area (Å²) in [5, 5.41) is 2.93. The van der Waals surface area contributed by atoms with Gasteiger partial charge in [0.1, 0.15) is 0 Å². The Morgan fingerprint density at radius 3 is 1.29 bits per heavy atom. The van der Waals surface area contributed by atoms with Crippen molar-refractivity contribution < 1.29 is 0 Å². The van der Waals surface area contributed by atoms with Crippen molar-refractivity contribution in [1.29, 1.82) is 0 Å². The van der Waals surface area contributed by atoms with Crippen molar-refractivity contribution in [2.45, 2.75) is 27.2 Å². The summed E-state index contributed by atoms with van der Waals surface area (Å²) in [7, 11) is 1.93. The molecule has 0 unspecified atom stereocenters. The summed E-state index contributed by atoms with van der Waals surface area (Å²) >= 11 is 0. The van der Waals surface area contributed by atoms with E-state index in [1.165, 1.54) is 6.42 Å². The first-order valence-electron chi connectivity index (χ1n) is 2.97. The van der Waals surface area contributed by atoms with E-state index in [9.17, 15) is 0 Å². The van der Waals surface area contributed by atoms with Crippen LogP contribution in [-0.4, -0.2) is 13.6 Å². The smallest absolute Gasteiger partial charge is 0.00804 e. The molecule has 0 amide bonds. The van der Waals surface area contributed by atoms with Gasteiger partial charge >= 0.3 is 0 Å². The third kappa shape index (κ3) is 101. The lowest BCUT2D eigenvalue weighted by Gasteiger charge is -1.76. The molecule has 0 aromatic heterocycles. The van der Waals surface area contributed by atoms with Crippen LogP contribution >= 0.6 is 0 Å². The lowest BCUT2D eigenvalue weighted by molar-refractivity contribution is 0.864. The summed E-state index contributed by atoms with van der Waals surface area (Å²) < 4.78 is 0. The number of nitrogens with one attached hydrogen (secondary N) is 1. The van der Waals surface area contributed by atoms with Crippen LogP contribution in [0.5, 0.6) is 0 Å². The van der Waals surface area contributed by atoms with E-state index in [1.807, 2.05) is 7.05 Å². The second-order valence-electron chi connectivity index (χ2n) is 1.41. The maximum absolute atomic E-state index is 2.93. The van der Waals surface area contributed by atoms with Gasteiger partial charge in [-0.25, -0.2) is 0 Å². The third-order valence-electron chi connectivity index (χ3n) is 0.354. The highest BCUT2D eigenvalue weighted by Crippen LogP contribution is 1.56. The topological polar surface area (TPSA) is 12.0 Å². The minimum absolute atomic E-state index is 1.07. The molecular formula is C6H17N. The van der Waals surface area contributed by atoms with Gasteiger partial charge < -0.3 is 5.32 Å². The summed E-state index contributed by atoms with van der Waals surface area (Å²) in [6.07, 6.45) is 1.25. The quantitative estimate of drug-likeness (QED) is 0.532. The molecule has 1 nitrogen and oxygen atoms in total. The molecule has 0 aromatic carbocycles. The summed E-state index contributed by atoms with van der Waals surface area (Å²) in [5.41, 5.74) is 0. The van der Waals surface area contributed by atoms with Crippen molar-refractivity contribution in [3.8, 4) is 0 Å². The molecule has 0 aliphatic rings. The molecule has 0 atom stereocenters. The van der Waals surface area contributed by atoms with Crippen molar-refractivity contribution in [2.75, 3.05) is 13.6 Å². The Kier molecular flexibility index (Phi) is 24.0. The van der Waals surface area contributed by atoms with Crippen LogP contribution in [0.4, 0.5) is 0 Å². The van der Waals surface area contributed by atoms with Crippen molar-refractivity contribution >= 4 is 0 Å². The number of rotatable bonds is 1. The molecule has 0 saturated heterocycles. The molecule has 1 heteroatoms. The summed E-state index contributed by atoms with van der Waals surface area (Å²) in [4.78, 5) is 0. The summed E-state index contributed by atoms with van der Waals surface area (Å²) in [6.45, 7) is 7.39. The van der Waals surface area contributed by atoms with E-state index in [-0.39, 0.29) is 0 Å². The van der Waals surface area contributed by atoms with E-state index in [1.54, 1.807) is 0 Å². The first-order valence-corrected chi connectivity index (χ1v) is 2.97. The Balaban J connectivity index is 0. The lowest BCUT2D eigenvalue weighted by atomic mass is 10.6. The van der Waals surface area contributed by atoms with E-state index in [4.69, 9.17) is 0 Å². The number of hydrogen-bond donors (Lipinski definition) is 1. The molecule has 0 aliphatic heterocycles. The molecule has 0 saturated carbocycles. The van der Waals surface area contributed by atoms with Gasteiger partial charge in [-0.2, -0.15) is 0 Å². The standard InChI is InChI=1S/C3H9N.C3H8/c1-3-4-2;1-3-2/h4H,3H2,1-2H3;3H2,1-2H3. The van der Waals surface area contributed by atoms with Crippen LogP contribution in [0.25, 0.3) is 0 Å². The average molecular weight is 103 g/mol. The minimum atomic E-state index is 1.07. The molecule has 0 bridgehead atoms. The van der Waals surface area contributed by atoms with Crippen LogP contribution in [0.15, 0.2) is 0 Å². The highest BCUT2D eigenvalue weighted by molar-refractivity contribution is 4.15. The van der Waals surface area contributed by atoms with Crippen molar-refractivity contribution in [1.82, 2.24) is 5.32 Å². The van der Waals surface area contributed by atoms with Gasteiger partial charge in [0.15, 0.2) is 0 Å². The molecule has 0 rings (SSSR count). The predicted molar refractivity (Wildman–Crippen MR) is 35.6 cm³/mol. The van der Waals surface area contributed by atoms with Gasteiger partial charge in [0.05, 0.1) is 0 Å². The van der Waals surface area contributed by atoms with Gasteiger partial charge in [-0.3, -0.25) is 0 Å². The first kappa shape index (κ1) is 10.0. The fourth-order valence-electron chi connectivity index (χ4n) is 0. The zero-order valence-electron chi connectivity index (χ0n) is 5.91. The minimum Gasteiger partial charge on any atom is -0.320 e. The van der Waals surface area contributed by atoms with Crippen LogP contribution in [-0.2, 0) is 0 Å². The van der Waals surface area contributed by atoms with Crippen LogP contribution in [0.1, 0.15) is 27.2 Å². The molecule has 0 fully saturated rings. The van der Waals surface area contributed by atoms with Crippen LogP contribution in [0, 0.1) is 0 Å². The molecule has 0 aliphatic carbocycles. The van der Waals surface area contributed by atoms with Gasteiger partial charge in [0, 0.05) is 0 Å². The van der Waals surface area contributed by atoms with Gasteiger partial charge in [-0.15, -0.1) is 0 Å². The van der Waals surface area contributed by atoms with E-state index in [0.717, 1.165) is 6.54 Å². The number of hydrogen-bond acceptors (Lipinski definition) is 1. The molecule has 0 aromatic rings. The highest BCUT2D eigenvalue weighted by atomic mass is 14.8. The molecule has 1 N–H and O–H groups in total. The third-order valence-corrected chi connectivity index (χ3v) is 0.354. The molecule has 0 heterocycles. The Morgan fingerprint density at radius 2 is 1.29 bits per heavy atom. The van der Waals surface area contributed by atoms with Crippen LogP contribution in [0.2, 0.25) is 0 Å². The van der Waals surface area contributed by atoms with E-state index in [0.29, 0.717) is 0 Å². The fourth-order valence-corrected chi connectivity index (χ4v) is 0. The van der Waals surface area contributed by atoms with Crippen molar-refractivity contribution in [3.63, 3.8) is 0 Å². The monoisotopic (exact) mass is 103 g/mol. The Hall–Kier alpha value is -0.0400. The van der Waals surface area contributed by atoms with E-state index < -0.39 is 0 Å². The predicted octanol–water partition coefficient (Wildman–Crippen LogP) is 1.64. The van der Waals surface area contributed by atoms with Gasteiger partial charge in [0.2, 0.25) is 0 Å². The molecule has 7 heavy (non-hydrogen) atoms. The molecular weight excluding hydrogens is 86.1 g/mol. The Morgan fingerprint density at radius 1 is 1.14 bits per heavy atom. The SMILES string of the molecule is CCC.CCNC. The second kappa shape index (κ2) is 16.7. The van der Waals surface area contributed by atoms with Crippen LogP contribution in [0.3, 0.4) is 0 Å². The zero-order chi connectivity index (χ0) is 6.12. The molecule has 0 spiro atoms. The van der Waals surface area contributed by atoms with Crippen molar-refractivity contribution in [2.24, 2.45) is 0 Å². The van der Waals surface area contributed by atoms with Gasteiger partial charge in [-0.1, -0.05) is 27.2 Å². The molecule has 0 radical (unpaired) electrons. The van der Waals surface area contributed by atoms with Crippen molar-refractivity contribution in [3.05, 3.63) is 0 Å². The zero-order valence-corrected chi connectivity index (χ0v) is 5.91. The Bertz CT molecular complexity index is 11.7. The largest absolute Gasteiger partial charge is 0.320 e. The summed E-state index contributed by atoms with van der Waals surface area (Å²) in [5.74, 6) is 0. The highest BCUT2D eigenvalue weighted by Gasteiger charge is 1.50. The first-order chi connectivity index (χ1) is 3.33. The lowest BCUT2D eigenvalue weighted by Crippen LogP contribution is -2.01. The summed E-state index contributed by atoms with van der Waals surface area (Å²) in [6, 6.07) is 0. The second-order valence-corrected chi connectivity index (χ2v) is 1.41. The average Bonchev–Trinajstić information content (AvgIpc) is 1.69. The maximum atomic E-state index is 2.93. The van der Waals surface area contributed by atoms with Gasteiger partial charge in [0.25, 0.3) is 0 Å².